The minimum Gasteiger partial charge on any atom is -0.370 e. The van der Waals surface area contributed by atoms with Crippen LogP contribution in [-0.4, -0.2) is 43.1 Å². The second-order valence-electron chi connectivity index (χ2n) is 6.79. The number of rotatable bonds is 3. The maximum absolute atomic E-state index is 6.19. The summed E-state index contributed by atoms with van der Waals surface area (Å²) in [5.74, 6) is 1.55. The first-order chi connectivity index (χ1) is 10.6. The van der Waals surface area contributed by atoms with Crippen LogP contribution in [0.2, 0.25) is 0 Å². The van der Waals surface area contributed by atoms with E-state index in [0.717, 1.165) is 44.5 Å². The predicted octanol–water partition coefficient (Wildman–Crippen LogP) is 2.48. The highest BCUT2D eigenvalue weighted by atomic mass is 15.3. The van der Waals surface area contributed by atoms with Gasteiger partial charge in [0.15, 0.2) is 5.96 Å². The fourth-order valence-electron chi connectivity index (χ4n) is 3.48. The monoisotopic (exact) mass is 300 g/mol. The number of likely N-dealkylation sites (tertiary alicyclic amines) is 1. The molecule has 4 heteroatoms. The maximum Gasteiger partial charge on any atom is 0.191 e. The van der Waals surface area contributed by atoms with Gasteiger partial charge in [0.05, 0.1) is 6.54 Å². The molecule has 0 aromatic heterocycles. The second kappa shape index (κ2) is 6.59. The summed E-state index contributed by atoms with van der Waals surface area (Å²) in [6.45, 7) is 8.53. The first-order valence-electron chi connectivity index (χ1n) is 8.54. The molecule has 2 N–H and O–H groups in total. The van der Waals surface area contributed by atoms with Crippen LogP contribution in [-0.2, 0) is 6.42 Å². The Bertz CT molecular complexity index is 532. The Hall–Kier alpha value is -1.71. The van der Waals surface area contributed by atoms with Crippen molar-refractivity contribution < 1.29 is 0 Å². The van der Waals surface area contributed by atoms with E-state index in [-0.39, 0.29) is 0 Å². The number of guanidine groups is 1. The Kier molecular flexibility index (Phi) is 4.55. The van der Waals surface area contributed by atoms with Gasteiger partial charge in [-0.1, -0.05) is 25.1 Å². The fraction of sp³-hybridized carbons (Fsp3) is 0.611. The van der Waals surface area contributed by atoms with Crippen molar-refractivity contribution in [2.24, 2.45) is 16.6 Å². The number of nitrogens with zero attached hydrogens (tertiary/aromatic N) is 3. The molecule has 1 aromatic rings. The lowest BCUT2D eigenvalue weighted by molar-refractivity contribution is 0.277. The highest BCUT2D eigenvalue weighted by molar-refractivity contribution is 5.78. The van der Waals surface area contributed by atoms with Crippen LogP contribution >= 0.6 is 0 Å². The molecule has 0 bridgehead atoms. The van der Waals surface area contributed by atoms with Crippen molar-refractivity contribution in [1.29, 1.82) is 0 Å². The molecule has 2 aliphatic heterocycles. The van der Waals surface area contributed by atoms with Crippen LogP contribution in [0, 0.1) is 5.92 Å². The first kappa shape index (κ1) is 15.2. The van der Waals surface area contributed by atoms with Gasteiger partial charge in [-0.2, -0.15) is 0 Å². The van der Waals surface area contributed by atoms with E-state index >= 15 is 0 Å². The number of hydrogen-bond acceptors (Lipinski definition) is 2. The van der Waals surface area contributed by atoms with Crippen LogP contribution in [0.4, 0.5) is 5.69 Å². The van der Waals surface area contributed by atoms with Crippen molar-refractivity contribution in [2.75, 3.05) is 31.1 Å². The number of benzene rings is 1. The van der Waals surface area contributed by atoms with Gasteiger partial charge in [0, 0.05) is 31.4 Å². The third-order valence-corrected chi connectivity index (χ3v) is 5.08. The number of anilines is 1. The Morgan fingerprint density at radius 2 is 2.00 bits per heavy atom. The van der Waals surface area contributed by atoms with Crippen molar-refractivity contribution in [1.82, 2.24) is 4.90 Å². The van der Waals surface area contributed by atoms with Crippen LogP contribution in [0.1, 0.15) is 32.3 Å². The van der Waals surface area contributed by atoms with E-state index < -0.39 is 0 Å². The molecule has 1 aromatic carbocycles. The van der Waals surface area contributed by atoms with E-state index in [2.05, 4.69) is 52.9 Å². The average molecular weight is 300 g/mol. The molecule has 3 rings (SSSR count). The number of para-hydroxylation sites is 1. The van der Waals surface area contributed by atoms with Crippen LogP contribution in [0.5, 0.6) is 0 Å². The summed E-state index contributed by atoms with van der Waals surface area (Å²) in [5.41, 5.74) is 9.02. The van der Waals surface area contributed by atoms with E-state index in [9.17, 15) is 0 Å². The molecule has 1 atom stereocenters. The molecule has 2 heterocycles. The van der Waals surface area contributed by atoms with Gasteiger partial charge in [-0.15, -0.1) is 0 Å². The molecule has 0 amide bonds. The van der Waals surface area contributed by atoms with E-state index in [1.54, 1.807) is 0 Å². The second-order valence-corrected chi connectivity index (χ2v) is 6.79. The summed E-state index contributed by atoms with van der Waals surface area (Å²) < 4.78 is 0. The maximum atomic E-state index is 6.19. The Balaban J connectivity index is 1.58. The van der Waals surface area contributed by atoms with Gasteiger partial charge in [-0.25, -0.2) is 0 Å². The number of aliphatic imine (C=N–C) groups is 1. The Labute approximate surface area is 134 Å². The zero-order chi connectivity index (χ0) is 15.5. The van der Waals surface area contributed by atoms with Gasteiger partial charge in [0.25, 0.3) is 0 Å². The fourth-order valence-corrected chi connectivity index (χ4v) is 3.48. The Morgan fingerprint density at radius 3 is 2.77 bits per heavy atom. The summed E-state index contributed by atoms with van der Waals surface area (Å²) in [6.07, 6.45) is 3.60. The van der Waals surface area contributed by atoms with Crippen molar-refractivity contribution >= 4 is 11.6 Å². The van der Waals surface area contributed by atoms with Gasteiger partial charge in [0.1, 0.15) is 0 Å². The summed E-state index contributed by atoms with van der Waals surface area (Å²) in [6, 6.07) is 9.09. The first-order valence-corrected chi connectivity index (χ1v) is 8.54. The topological polar surface area (TPSA) is 44.9 Å². The highest BCUT2D eigenvalue weighted by Gasteiger charge is 2.23. The molecule has 0 aliphatic carbocycles. The van der Waals surface area contributed by atoms with Gasteiger partial charge in [-0.3, -0.25) is 4.99 Å². The van der Waals surface area contributed by atoms with Crippen LogP contribution in [0.15, 0.2) is 29.3 Å². The van der Waals surface area contributed by atoms with Crippen molar-refractivity contribution in [3.8, 4) is 0 Å². The molecule has 1 fully saturated rings. The van der Waals surface area contributed by atoms with Gasteiger partial charge < -0.3 is 15.5 Å². The van der Waals surface area contributed by atoms with Crippen LogP contribution in [0.25, 0.3) is 0 Å². The van der Waals surface area contributed by atoms with E-state index in [1.807, 2.05) is 0 Å². The number of fused-ring (bicyclic) bond motifs is 1. The molecular weight excluding hydrogens is 272 g/mol. The lowest BCUT2D eigenvalue weighted by Crippen LogP contribution is -2.43. The molecule has 4 nitrogen and oxygen atoms in total. The molecule has 0 spiro atoms. The molecule has 2 aliphatic rings. The molecule has 22 heavy (non-hydrogen) atoms. The third-order valence-electron chi connectivity index (χ3n) is 5.08. The quantitative estimate of drug-likeness (QED) is 0.689. The van der Waals surface area contributed by atoms with Crippen LogP contribution < -0.4 is 10.6 Å². The average Bonchev–Trinajstić information content (AvgIpc) is 2.97. The molecular formula is C18H28N4. The summed E-state index contributed by atoms with van der Waals surface area (Å²) in [5, 5.41) is 0. The van der Waals surface area contributed by atoms with Crippen molar-refractivity contribution in [3.05, 3.63) is 29.8 Å². The standard InChI is InChI=1S/C18H28N4/c1-14-7-10-21(11-8-14)18(19)20-13-15(2)22-12-9-16-5-3-4-6-17(16)22/h3-6,14-15H,7-13H2,1-2H3,(H2,19,20). The smallest absolute Gasteiger partial charge is 0.191 e. The zero-order valence-electron chi connectivity index (χ0n) is 13.8. The van der Waals surface area contributed by atoms with Gasteiger partial charge >= 0.3 is 0 Å². The van der Waals surface area contributed by atoms with Crippen LogP contribution in [0.3, 0.4) is 0 Å². The molecule has 1 saturated heterocycles. The van der Waals surface area contributed by atoms with Gasteiger partial charge in [0.2, 0.25) is 0 Å². The Morgan fingerprint density at radius 1 is 1.27 bits per heavy atom. The van der Waals surface area contributed by atoms with Crippen molar-refractivity contribution in [2.45, 2.75) is 39.2 Å². The molecule has 0 saturated carbocycles. The van der Waals surface area contributed by atoms with E-state index in [4.69, 9.17) is 5.73 Å². The number of piperidine rings is 1. The lowest BCUT2D eigenvalue weighted by atomic mass is 10.00. The van der Waals surface area contributed by atoms with Crippen molar-refractivity contribution in [3.63, 3.8) is 0 Å². The number of nitrogens with two attached hydrogens (primary N) is 1. The third kappa shape index (κ3) is 3.21. The SMILES string of the molecule is CC1CCN(C(N)=NCC(C)N2CCc3ccccc32)CC1. The minimum atomic E-state index is 0.394. The van der Waals surface area contributed by atoms with E-state index in [1.165, 1.54) is 24.1 Å². The predicted molar refractivity (Wildman–Crippen MR) is 93.4 cm³/mol. The summed E-state index contributed by atoms with van der Waals surface area (Å²) in [7, 11) is 0. The molecule has 1 unspecified atom stereocenters. The summed E-state index contributed by atoms with van der Waals surface area (Å²) in [4.78, 5) is 9.37. The minimum absolute atomic E-state index is 0.394. The highest BCUT2D eigenvalue weighted by Crippen LogP contribution is 2.29. The van der Waals surface area contributed by atoms with Gasteiger partial charge in [-0.05, 0) is 43.7 Å². The lowest BCUT2D eigenvalue weighted by Gasteiger charge is -2.31. The normalized spacial score (nSPS) is 21.1. The zero-order valence-corrected chi connectivity index (χ0v) is 13.8. The van der Waals surface area contributed by atoms with E-state index in [0.29, 0.717) is 6.04 Å². The molecule has 0 radical (unpaired) electrons. The molecule has 120 valence electrons. The largest absolute Gasteiger partial charge is 0.370 e. The number of hydrogen-bond donors (Lipinski definition) is 1. The summed E-state index contributed by atoms with van der Waals surface area (Å²) >= 11 is 0.